The van der Waals surface area contributed by atoms with Gasteiger partial charge in [-0.05, 0) is 13.8 Å². The number of pyridine rings is 1. The van der Waals surface area contributed by atoms with Gasteiger partial charge in [0.25, 0.3) is 5.91 Å². The van der Waals surface area contributed by atoms with E-state index in [-0.39, 0.29) is 0 Å². The molecule has 3 aromatic heterocycles. The smallest absolute Gasteiger partial charge is 0.252 e. The van der Waals surface area contributed by atoms with E-state index in [4.69, 9.17) is 14.9 Å². The third kappa shape index (κ3) is 2.47. The van der Waals surface area contributed by atoms with E-state index in [0.717, 1.165) is 10.6 Å². The Morgan fingerprint density at radius 1 is 1.43 bits per heavy atom. The van der Waals surface area contributed by atoms with Gasteiger partial charge in [-0.1, -0.05) is 0 Å². The average molecular weight is 303 g/mol. The summed E-state index contributed by atoms with van der Waals surface area (Å²) >= 11 is 1.53. The Morgan fingerprint density at radius 3 is 2.90 bits per heavy atom. The summed E-state index contributed by atoms with van der Waals surface area (Å²) in [7, 11) is 0. The summed E-state index contributed by atoms with van der Waals surface area (Å²) in [5.41, 5.74) is 8.98. The summed E-state index contributed by atoms with van der Waals surface area (Å²) in [5, 5.41) is 0.617. The van der Waals surface area contributed by atoms with Crippen LogP contribution in [0.1, 0.15) is 26.7 Å². The van der Waals surface area contributed by atoms with Gasteiger partial charge < -0.3 is 14.9 Å². The monoisotopic (exact) mass is 303 g/mol. The first-order valence-corrected chi connectivity index (χ1v) is 7.15. The molecule has 0 radical (unpaired) electrons. The van der Waals surface area contributed by atoms with Gasteiger partial charge in [0.15, 0.2) is 5.58 Å². The Kier molecular flexibility index (Phi) is 3.34. The Bertz CT molecular complexity index is 822. The SMILES string of the molecule is Cc1ncsc1COc1cc2c(C(N)=O)c(C)oc2cn1. The van der Waals surface area contributed by atoms with Crippen molar-refractivity contribution in [1.82, 2.24) is 9.97 Å². The van der Waals surface area contributed by atoms with Gasteiger partial charge in [-0.2, -0.15) is 0 Å². The summed E-state index contributed by atoms with van der Waals surface area (Å²) in [6, 6.07) is 1.67. The quantitative estimate of drug-likeness (QED) is 0.799. The standard InChI is InChI=1S/C14H13N3O3S/c1-7-11(21-6-17-7)5-19-12-3-9-10(4-16-12)20-8(2)13(9)14(15)18/h3-4,6H,5H2,1-2H3,(H2,15,18). The first kappa shape index (κ1) is 13.6. The maximum atomic E-state index is 11.5. The van der Waals surface area contributed by atoms with Crippen molar-refractivity contribution < 1.29 is 13.9 Å². The topological polar surface area (TPSA) is 91.2 Å². The van der Waals surface area contributed by atoms with Gasteiger partial charge in [-0.15, -0.1) is 11.3 Å². The van der Waals surface area contributed by atoms with Crippen molar-refractivity contribution in [3.8, 4) is 5.88 Å². The second-order valence-corrected chi connectivity index (χ2v) is 5.51. The number of thiazole rings is 1. The highest BCUT2D eigenvalue weighted by atomic mass is 32.1. The molecule has 21 heavy (non-hydrogen) atoms. The zero-order valence-corrected chi connectivity index (χ0v) is 12.4. The van der Waals surface area contributed by atoms with E-state index in [1.807, 2.05) is 6.92 Å². The van der Waals surface area contributed by atoms with Crippen molar-refractivity contribution in [2.45, 2.75) is 20.5 Å². The van der Waals surface area contributed by atoms with E-state index in [0.29, 0.717) is 34.8 Å². The highest BCUT2D eigenvalue weighted by Crippen LogP contribution is 2.27. The van der Waals surface area contributed by atoms with Gasteiger partial charge in [0, 0.05) is 11.5 Å². The van der Waals surface area contributed by atoms with Gasteiger partial charge in [0.2, 0.25) is 5.88 Å². The summed E-state index contributed by atoms with van der Waals surface area (Å²) in [6.07, 6.45) is 1.53. The molecule has 2 N–H and O–H groups in total. The molecular formula is C14H13N3O3S. The highest BCUT2D eigenvalue weighted by molar-refractivity contribution is 7.09. The van der Waals surface area contributed by atoms with Crippen LogP contribution in [-0.4, -0.2) is 15.9 Å². The van der Waals surface area contributed by atoms with Crippen LogP contribution >= 0.6 is 11.3 Å². The number of furan rings is 1. The lowest BCUT2D eigenvalue weighted by Gasteiger charge is -2.04. The number of ether oxygens (including phenoxy) is 1. The average Bonchev–Trinajstić information content (AvgIpc) is 2.98. The number of hydrogen-bond acceptors (Lipinski definition) is 6. The van der Waals surface area contributed by atoms with E-state index in [9.17, 15) is 4.79 Å². The molecule has 0 fully saturated rings. The zero-order valence-electron chi connectivity index (χ0n) is 11.5. The molecule has 0 aliphatic carbocycles. The number of aromatic nitrogens is 2. The summed E-state index contributed by atoms with van der Waals surface area (Å²) in [4.78, 5) is 20.9. The normalized spacial score (nSPS) is 11.0. The van der Waals surface area contributed by atoms with Crippen LogP contribution in [0.5, 0.6) is 5.88 Å². The number of hydrogen-bond donors (Lipinski definition) is 1. The molecule has 3 heterocycles. The van der Waals surface area contributed by atoms with Crippen LogP contribution in [0.25, 0.3) is 11.0 Å². The Balaban J connectivity index is 1.91. The van der Waals surface area contributed by atoms with E-state index in [2.05, 4.69) is 9.97 Å². The predicted octanol–water partition coefficient (Wildman–Crippen LogP) is 2.58. The lowest BCUT2D eigenvalue weighted by molar-refractivity contribution is 0.1000. The van der Waals surface area contributed by atoms with Gasteiger partial charge in [-0.3, -0.25) is 4.79 Å². The number of primary amides is 1. The minimum absolute atomic E-state index is 0.367. The van der Waals surface area contributed by atoms with Gasteiger partial charge >= 0.3 is 0 Å². The van der Waals surface area contributed by atoms with Crippen LogP contribution < -0.4 is 10.5 Å². The van der Waals surface area contributed by atoms with Crippen molar-refractivity contribution in [2.75, 3.05) is 0 Å². The molecule has 0 spiro atoms. The van der Waals surface area contributed by atoms with Crippen LogP contribution in [0.4, 0.5) is 0 Å². The first-order chi connectivity index (χ1) is 10.1. The highest BCUT2D eigenvalue weighted by Gasteiger charge is 2.17. The molecule has 108 valence electrons. The fourth-order valence-electron chi connectivity index (χ4n) is 2.10. The molecule has 0 aliphatic rings. The van der Waals surface area contributed by atoms with E-state index in [1.54, 1.807) is 18.5 Å². The van der Waals surface area contributed by atoms with Crippen LogP contribution in [0.3, 0.4) is 0 Å². The first-order valence-electron chi connectivity index (χ1n) is 6.27. The predicted molar refractivity (Wildman–Crippen MR) is 78.4 cm³/mol. The lowest BCUT2D eigenvalue weighted by atomic mass is 10.1. The number of aryl methyl sites for hydroxylation is 2. The van der Waals surface area contributed by atoms with Crippen LogP contribution in [0, 0.1) is 13.8 Å². The Morgan fingerprint density at radius 2 is 2.24 bits per heavy atom. The van der Waals surface area contributed by atoms with Crippen LogP contribution in [-0.2, 0) is 6.61 Å². The molecule has 0 bridgehead atoms. The summed E-state index contributed by atoms with van der Waals surface area (Å²) in [5.74, 6) is 0.370. The van der Waals surface area contributed by atoms with E-state index < -0.39 is 5.91 Å². The second kappa shape index (κ2) is 5.17. The number of fused-ring (bicyclic) bond motifs is 1. The molecule has 0 atom stereocenters. The number of nitrogens with two attached hydrogens (primary N) is 1. The summed E-state index contributed by atoms with van der Waals surface area (Å²) < 4.78 is 11.1. The molecule has 0 saturated heterocycles. The third-order valence-electron chi connectivity index (χ3n) is 3.17. The van der Waals surface area contributed by atoms with Gasteiger partial charge in [0.05, 0.1) is 27.8 Å². The minimum atomic E-state index is -0.526. The number of nitrogens with zero attached hydrogens (tertiary/aromatic N) is 2. The lowest BCUT2D eigenvalue weighted by Crippen LogP contribution is -2.11. The third-order valence-corrected chi connectivity index (χ3v) is 4.08. The number of rotatable bonds is 4. The Labute approximate surface area is 124 Å². The van der Waals surface area contributed by atoms with Crippen molar-refractivity contribution in [2.24, 2.45) is 5.73 Å². The number of amides is 1. The second-order valence-electron chi connectivity index (χ2n) is 4.57. The fraction of sp³-hybridized carbons (Fsp3) is 0.214. The fourth-order valence-corrected chi connectivity index (χ4v) is 2.78. The van der Waals surface area contributed by atoms with E-state index >= 15 is 0 Å². The molecule has 3 rings (SSSR count). The molecule has 1 amide bonds. The number of carbonyl (C=O) groups excluding carboxylic acids is 1. The molecule has 0 aromatic carbocycles. The largest absolute Gasteiger partial charge is 0.472 e. The Hall–Kier alpha value is -2.41. The van der Waals surface area contributed by atoms with E-state index in [1.165, 1.54) is 17.5 Å². The maximum Gasteiger partial charge on any atom is 0.252 e. The number of carbonyl (C=O) groups is 1. The van der Waals surface area contributed by atoms with Gasteiger partial charge in [0.1, 0.15) is 12.4 Å². The van der Waals surface area contributed by atoms with Crippen molar-refractivity contribution in [3.63, 3.8) is 0 Å². The molecule has 6 nitrogen and oxygen atoms in total. The summed E-state index contributed by atoms with van der Waals surface area (Å²) in [6.45, 7) is 4.01. The maximum absolute atomic E-state index is 11.5. The molecule has 0 aliphatic heterocycles. The van der Waals surface area contributed by atoms with Crippen LogP contribution in [0.2, 0.25) is 0 Å². The van der Waals surface area contributed by atoms with Crippen LogP contribution in [0.15, 0.2) is 22.2 Å². The zero-order chi connectivity index (χ0) is 15.0. The molecule has 0 saturated carbocycles. The van der Waals surface area contributed by atoms with Gasteiger partial charge in [-0.25, -0.2) is 9.97 Å². The van der Waals surface area contributed by atoms with Crippen molar-refractivity contribution in [3.05, 3.63) is 39.7 Å². The molecule has 3 aromatic rings. The van der Waals surface area contributed by atoms with Crippen molar-refractivity contribution in [1.29, 1.82) is 0 Å². The molecule has 0 unspecified atom stereocenters. The minimum Gasteiger partial charge on any atom is -0.472 e. The molecule has 7 heteroatoms. The van der Waals surface area contributed by atoms with Crippen molar-refractivity contribution >= 4 is 28.2 Å². The molecular weight excluding hydrogens is 290 g/mol.